The lowest BCUT2D eigenvalue weighted by Gasteiger charge is -2.12. The van der Waals surface area contributed by atoms with Crippen LogP contribution in [0.5, 0.6) is 5.75 Å². The quantitative estimate of drug-likeness (QED) is 0.890. The maximum Gasteiger partial charge on any atom is 0.141 e. The molecule has 1 aromatic carbocycles. The number of benzene rings is 1. The maximum absolute atomic E-state index is 6.20. The lowest BCUT2D eigenvalue weighted by atomic mass is 10.2. The molecule has 20 heavy (non-hydrogen) atoms. The summed E-state index contributed by atoms with van der Waals surface area (Å²) in [5.41, 5.74) is 0.951. The molecule has 0 atom stereocenters. The van der Waals surface area contributed by atoms with Gasteiger partial charge in [0, 0.05) is 23.2 Å². The first-order chi connectivity index (χ1) is 9.63. The van der Waals surface area contributed by atoms with E-state index in [1.807, 2.05) is 22.9 Å². The largest absolute Gasteiger partial charge is 0.496 e. The van der Waals surface area contributed by atoms with Crippen LogP contribution < -0.4 is 10.1 Å². The molecule has 0 aliphatic heterocycles. The Morgan fingerprint density at radius 2 is 2.15 bits per heavy atom. The zero-order valence-corrected chi connectivity index (χ0v) is 12.7. The second kappa shape index (κ2) is 6.72. The molecule has 0 aliphatic rings. The fourth-order valence-electron chi connectivity index (χ4n) is 2.03. The smallest absolute Gasteiger partial charge is 0.141 e. The van der Waals surface area contributed by atoms with Crippen LogP contribution in [0, 0.1) is 0 Å². The first-order valence-corrected chi connectivity index (χ1v) is 6.91. The minimum absolute atomic E-state index is 0.296. The number of nitrogens with zero attached hydrogens (tertiary/aromatic N) is 3. The van der Waals surface area contributed by atoms with E-state index in [1.54, 1.807) is 13.4 Å². The van der Waals surface area contributed by atoms with E-state index >= 15 is 0 Å². The highest BCUT2D eigenvalue weighted by Gasteiger charge is 2.10. The molecule has 1 N–H and O–H groups in total. The number of halogens is 1. The van der Waals surface area contributed by atoms with Gasteiger partial charge >= 0.3 is 0 Å². The average Bonchev–Trinajstić information content (AvgIpc) is 2.89. The van der Waals surface area contributed by atoms with Crippen LogP contribution in [0.2, 0.25) is 5.02 Å². The molecular weight excluding hydrogens is 276 g/mol. The van der Waals surface area contributed by atoms with E-state index in [9.17, 15) is 0 Å². The van der Waals surface area contributed by atoms with Crippen LogP contribution in [0.15, 0.2) is 24.5 Å². The van der Waals surface area contributed by atoms with Crippen molar-refractivity contribution >= 4 is 11.6 Å². The normalized spacial score (nSPS) is 11.1. The van der Waals surface area contributed by atoms with E-state index in [0.29, 0.717) is 24.2 Å². The number of aromatic nitrogens is 3. The van der Waals surface area contributed by atoms with Crippen LogP contribution in [-0.2, 0) is 13.1 Å². The van der Waals surface area contributed by atoms with Crippen molar-refractivity contribution in [2.24, 2.45) is 0 Å². The minimum atomic E-state index is 0.296. The highest BCUT2D eigenvalue weighted by molar-refractivity contribution is 6.31. The van der Waals surface area contributed by atoms with Gasteiger partial charge in [-0.15, -0.1) is 0 Å². The number of hydrogen-bond acceptors (Lipinski definition) is 4. The van der Waals surface area contributed by atoms with Crippen LogP contribution >= 0.6 is 11.6 Å². The van der Waals surface area contributed by atoms with Gasteiger partial charge in [-0.05, 0) is 26.0 Å². The highest BCUT2D eigenvalue weighted by Crippen LogP contribution is 2.25. The van der Waals surface area contributed by atoms with Crippen molar-refractivity contribution in [3.05, 3.63) is 40.9 Å². The van der Waals surface area contributed by atoms with Crippen molar-refractivity contribution in [3.63, 3.8) is 0 Å². The van der Waals surface area contributed by atoms with E-state index in [0.717, 1.165) is 17.1 Å². The van der Waals surface area contributed by atoms with Gasteiger partial charge in [-0.1, -0.05) is 17.7 Å². The molecule has 0 saturated heterocycles. The topological polar surface area (TPSA) is 52.0 Å². The molecule has 2 aromatic rings. The third kappa shape index (κ3) is 3.29. The van der Waals surface area contributed by atoms with Gasteiger partial charge < -0.3 is 10.1 Å². The third-order valence-corrected chi connectivity index (χ3v) is 3.37. The molecule has 1 heterocycles. The Labute approximate surface area is 123 Å². The van der Waals surface area contributed by atoms with Gasteiger partial charge in [-0.25, -0.2) is 9.67 Å². The van der Waals surface area contributed by atoms with Crippen LogP contribution in [-0.4, -0.2) is 21.9 Å². The van der Waals surface area contributed by atoms with E-state index in [2.05, 4.69) is 29.2 Å². The molecule has 0 saturated carbocycles. The molecule has 6 heteroatoms. The highest BCUT2D eigenvalue weighted by atomic mass is 35.5. The summed E-state index contributed by atoms with van der Waals surface area (Å²) in [6, 6.07) is 5.93. The maximum atomic E-state index is 6.20. The van der Waals surface area contributed by atoms with Crippen molar-refractivity contribution in [2.45, 2.75) is 33.0 Å². The Balaban J connectivity index is 2.01. The standard InChI is InChI=1S/C14H19ClN4O/c1-10(2)19-14(17-9-18-19)8-16-7-11-12(15)5-4-6-13(11)20-3/h4-6,9-10,16H,7-8H2,1-3H3. The molecule has 0 amide bonds. The minimum Gasteiger partial charge on any atom is -0.496 e. The molecule has 0 unspecified atom stereocenters. The number of rotatable bonds is 6. The van der Waals surface area contributed by atoms with Crippen molar-refractivity contribution in [1.82, 2.24) is 20.1 Å². The SMILES string of the molecule is COc1cccc(Cl)c1CNCc1ncnn1C(C)C. The molecule has 0 spiro atoms. The number of hydrogen-bond donors (Lipinski definition) is 1. The zero-order chi connectivity index (χ0) is 14.5. The molecule has 0 fully saturated rings. The molecule has 2 rings (SSSR count). The van der Waals surface area contributed by atoms with Gasteiger partial charge in [0.2, 0.25) is 0 Å². The molecule has 5 nitrogen and oxygen atoms in total. The van der Waals surface area contributed by atoms with E-state index in [-0.39, 0.29) is 0 Å². The summed E-state index contributed by atoms with van der Waals surface area (Å²) >= 11 is 6.20. The monoisotopic (exact) mass is 294 g/mol. The van der Waals surface area contributed by atoms with Gasteiger partial charge in [0.15, 0.2) is 0 Å². The molecule has 1 aromatic heterocycles. The first kappa shape index (κ1) is 14.8. The summed E-state index contributed by atoms with van der Waals surface area (Å²) < 4.78 is 7.22. The van der Waals surface area contributed by atoms with E-state index in [1.165, 1.54) is 0 Å². The van der Waals surface area contributed by atoms with Crippen molar-refractivity contribution in [3.8, 4) is 5.75 Å². The average molecular weight is 295 g/mol. The Morgan fingerprint density at radius 3 is 2.85 bits per heavy atom. The number of nitrogens with one attached hydrogen (secondary N) is 1. The van der Waals surface area contributed by atoms with Crippen LogP contribution in [0.25, 0.3) is 0 Å². The molecular formula is C14H19ClN4O. The summed E-state index contributed by atoms with van der Waals surface area (Å²) in [5.74, 6) is 1.70. The van der Waals surface area contributed by atoms with Crippen LogP contribution in [0.3, 0.4) is 0 Å². The predicted octanol–water partition coefficient (Wildman–Crippen LogP) is 2.81. The lowest BCUT2D eigenvalue weighted by Crippen LogP contribution is -2.18. The fourth-order valence-corrected chi connectivity index (χ4v) is 2.27. The second-order valence-electron chi connectivity index (χ2n) is 4.74. The Morgan fingerprint density at radius 1 is 1.35 bits per heavy atom. The van der Waals surface area contributed by atoms with Gasteiger partial charge in [0.05, 0.1) is 13.7 Å². The molecule has 0 bridgehead atoms. The van der Waals surface area contributed by atoms with Gasteiger partial charge in [-0.3, -0.25) is 0 Å². The Bertz CT molecular complexity index is 568. The van der Waals surface area contributed by atoms with Gasteiger partial charge in [0.1, 0.15) is 17.9 Å². The van der Waals surface area contributed by atoms with Crippen LogP contribution in [0.1, 0.15) is 31.3 Å². The predicted molar refractivity (Wildman–Crippen MR) is 79.0 cm³/mol. The fraction of sp³-hybridized carbons (Fsp3) is 0.429. The van der Waals surface area contributed by atoms with Gasteiger partial charge in [0.25, 0.3) is 0 Å². The summed E-state index contributed by atoms with van der Waals surface area (Å²) in [4.78, 5) is 4.26. The zero-order valence-electron chi connectivity index (χ0n) is 11.9. The van der Waals surface area contributed by atoms with Gasteiger partial charge in [-0.2, -0.15) is 5.10 Å². The summed E-state index contributed by atoms with van der Waals surface area (Å²) in [5, 5.41) is 8.23. The number of ether oxygens (including phenoxy) is 1. The van der Waals surface area contributed by atoms with E-state index in [4.69, 9.17) is 16.3 Å². The van der Waals surface area contributed by atoms with E-state index < -0.39 is 0 Å². The summed E-state index contributed by atoms with van der Waals surface area (Å²) in [6.07, 6.45) is 1.58. The van der Waals surface area contributed by atoms with Crippen molar-refractivity contribution in [2.75, 3.05) is 7.11 Å². The molecule has 0 radical (unpaired) electrons. The Hall–Kier alpha value is -1.59. The first-order valence-electron chi connectivity index (χ1n) is 6.54. The third-order valence-electron chi connectivity index (χ3n) is 3.02. The Kier molecular flexibility index (Phi) is 4.98. The van der Waals surface area contributed by atoms with Crippen molar-refractivity contribution < 1.29 is 4.74 Å². The second-order valence-corrected chi connectivity index (χ2v) is 5.15. The number of methoxy groups -OCH3 is 1. The van der Waals surface area contributed by atoms with Crippen LogP contribution in [0.4, 0.5) is 0 Å². The lowest BCUT2D eigenvalue weighted by molar-refractivity contribution is 0.407. The summed E-state index contributed by atoms with van der Waals surface area (Å²) in [7, 11) is 1.64. The molecule has 0 aliphatic carbocycles. The molecule has 108 valence electrons. The summed E-state index contributed by atoms with van der Waals surface area (Å²) in [6.45, 7) is 5.41. The van der Waals surface area contributed by atoms with Crippen molar-refractivity contribution in [1.29, 1.82) is 0 Å².